The summed E-state index contributed by atoms with van der Waals surface area (Å²) >= 11 is 0. The summed E-state index contributed by atoms with van der Waals surface area (Å²) in [6.07, 6.45) is 3.22. The van der Waals surface area contributed by atoms with E-state index in [9.17, 15) is 0 Å². The molecule has 0 bridgehead atoms. The second kappa shape index (κ2) is 3.58. The van der Waals surface area contributed by atoms with E-state index in [4.69, 9.17) is 11.0 Å². The number of aromatic nitrogens is 1. The number of hydrogen-bond acceptors (Lipinski definition) is 4. The number of nitrogens with zero attached hydrogens (tertiary/aromatic N) is 3. The van der Waals surface area contributed by atoms with Crippen molar-refractivity contribution >= 4 is 11.4 Å². The Labute approximate surface area is 71.2 Å². The molecular weight excluding hydrogens is 152 g/mol. The number of nitrogens with two attached hydrogens (primary N) is 1. The molecule has 0 radical (unpaired) electrons. The summed E-state index contributed by atoms with van der Waals surface area (Å²) in [6, 6.07) is 3.83. The molecule has 0 aromatic carbocycles. The summed E-state index contributed by atoms with van der Waals surface area (Å²) < 4.78 is 0. The Morgan fingerprint density at radius 3 is 3.08 bits per heavy atom. The van der Waals surface area contributed by atoms with E-state index in [0.717, 1.165) is 5.69 Å². The van der Waals surface area contributed by atoms with Gasteiger partial charge in [0.15, 0.2) is 0 Å². The van der Waals surface area contributed by atoms with Crippen molar-refractivity contribution in [3.05, 3.63) is 18.5 Å². The van der Waals surface area contributed by atoms with Crippen molar-refractivity contribution in [1.82, 2.24) is 4.98 Å². The Bertz CT molecular complexity index is 302. The maximum Gasteiger partial charge on any atom is 0.105 e. The van der Waals surface area contributed by atoms with Crippen molar-refractivity contribution < 1.29 is 0 Å². The van der Waals surface area contributed by atoms with Crippen molar-refractivity contribution in [2.45, 2.75) is 0 Å². The van der Waals surface area contributed by atoms with E-state index >= 15 is 0 Å². The van der Waals surface area contributed by atoms with E-state index in [1.54, 1.807) is 23.4 Å². The van der Waals surface area contributed by atoms with Crippen LogP contribution in [0.2, 0.25) is 0 Å². The van der Waals surface area contributed by atoms with Crippen LogP contribution in [0.5, 0.6) is 0 Å². The van der Waals surface area contributed by atoms with E-state index < -0.39 is 0 Å². The Morgan fingerprint density at radius 2 is 2.50 bits per heavy atom. The smallest absolute Gasteiger partial charge is 0.105 e. The average Bonchev–Trinajstić information content (AvgIpc) is 2.05. The first-order chi connectivity index (χ1) is 5.75. The second-order valence-corrected chi connectivity index (χ2v) is 2.45. The van der Waals surface area contributed by atoms with Gasteiger partial charge in [-0.2, -0.15) is 5.26 Å². The molecule has 0 aliphatic rings. The molecule has 1 aromatic rings. The summed E-state index contributed by atoms with van der Waals surface area (Å²) in [5, 5.41) is 8.44. The highest BCUT2D eigenvalue weighted by molar-refractivity contribution is 5.65. The highest BCUT2D eigenvalue weighted by Gasteiger charge is 2.02. The zero-order valence-corrected chi connectivity index (χ0v) is 6.86. The van der Waals surface area contributed by atoms with Gasteiger partial charge in [-0.15, -0.1) is 0 Å². The van der Waals surface area contributed by atoms with Crippen LogP contribution in [-0.4, -0.2) is 18.6 Å². The topological polar surface area (TPSA) is 65.9 Å². The zero-order valence-electron chi connectivity index (χ0n) is 6.86. The van der Waals surface area contributed by atoms with Crippen LogP contribution in [0, 0.1) is 11.3 Å². The van der Waals surface area contributed by atoms with Crippen LogP contribution in [0.15, 0.2) is 18.5 Å². The van der Waals surface area contributed by atoms with Crippen LogP contribution >= 0.6 is 0 Å². The van der Waals surface area contributed by atoms with E-state index in [1.165, 1.54) is 0 Å². The lowest BCUT2D eigenvalue weighted by Crippen LogP contribution is -2.18. The molecule has 0 aliphatic heterocycles. The Kier molecular flexibility index (Phi) is 2.49. The van der Waals surface area contributed by atoms with E-state index in [0.29, 0.717) is 12.2 Å². The summed E-state index contributed by atoms with van der Waals surface area (Å²) in [4.78, 5) is 5.63. The van der Waals surface area contributed by atoms with Crippen molar-refractivity contribution in [3.8, 4) is 6.07 Å². The fourth-order valence-electron chi connectivity index (χ4n) is 0.938. The van der Waals surface area contributed by atoms with Crippen LogP contribution in [0.4, 0.5) is 11.4 Å². The Balaban J connectivity index is 2.88. The highest BCUT2D eigenvalue weighted by atomic mass is 15.1. The van der Waals surface area contributed by atoms with Crippen LogP contribution in [-0.2, 0) is 0 Å². The van der Waals surface area contributed by atoms with Gasteiger partial charge < -0.3 is 10.6 Å². The van der Waals surface area contributed by atoms with Crippen molar-refractivity contribution in [3.63, 3.8) is 0 Å². The highest BCUT2D eigenvalue weighted by Crippen LogP contribution is 2.18. The van der Waals surface area contributed by atoms with Gasteiger partial charge in [0.2, 0.25) is 0 Å². The van der Waals surface area contributed by atoms with Gasteiger partial charge in [-0.1, -0.05) is 0 Å². The molecule has 2 N–H and O–H groups in total. The van der Waals surface area contributed by atoms with Crippen molar-refractivity contribution in [2.24, 2.45) is 0 Å². The Morgan fingerprint density at radius 1 is 1.75 bits per heavy atom. The van der Waals surface area contributed by atoms with Gasteiger partial charge in [0, 0.05) is 13.2 Å². The second-order valence-electron chi connectivity index (χ2n) is 2.45. The fraction of sp³-hybridized carbons (Fsp3) is 0.250. The standard InChI is InChI=1S/C8H10N4/c1-12(5-3-9)8-2-4-11-6-7(8)10/h2,4,6H,5,10H2,1H3. The third-order valence-electron chi connectivity index (χ3n) is 1.55. The Hall–Kier alpha value is -1.76. The number of pyridine rings is 1. The van der Waals surface area contributed by atoms with Gasteiger partial charge in [0.1, 0.15) is 6.54 Å². The number of rotatable bonds is 2. The molecule has 0 saturated heterocycles. The molecule has 0 aliphatic carbocycles. The van der Waals surface area contributed by atoms with Crippen LogP contribution in [0.1, 0.15) is 0 Å². The van der Waals surface area contributed by atoms with Gasteiger partial charge in [0.05, 0.1) is 23.6 Å². The summed E-state index contributed by atoms with van der Waals surface area (Å²) in [7, 11) is 1.81. The predicted octanol–water partition coefficient (Wildman–Crippen LogP) is 0.624. The predicted molar refractivity (Wildman–Crippen MR) is 47.5 cm³/mol. The molecule has 1 aromatic heterocycles. The molecule has 4 heteroatoms. The van der Waals surface area contributed by atoms with Crippen LogP contribution < -0.4 is 10.6 Å². The molecule has 0 spiro atoms. The monoisotopic (exact) mass is 162 g/mol. The first-order valence-corrected chi connectivity index (χ1v) is 3.53. The van der Waals surface area contributed by atoms with Crippen molar-refractivity contribution in [1.29, 1.82) is 5.26 Å². The first-order valence-electron chi connectivity index (χ1n) is 3.53. The molecule has 0 saturated carbocycles. The van der Waals surface area contributed by atoms with E-state index in [1.807, 2.05) is 13.1 Å². The molecular formula is C8H10N4. The van der Waals surface area contributed by atoms with E-state index in [2.05, 4.69) is 4.98 Å². The SMILES string of the molecule is CN(CC#N)c1ccncc1N. The number of hydrogen-bond donors (Lipinski definition) is 1. The molecule has 62 valence electrons. The minimum atomic E-state index is 0.328. The molecule has 0 atom stereocenters. The van der Waals surface area contributed by atoms with Gasteiger partial charge >= 0.3 is 0 Å². The molecule has 0 unspecified atom stereocenters. The maximum absolute atomic E-state index is 8.44. The average molecular weight is 162 g/mol. The largest absolute Gasteiger partial charge is 0.396 e. The lowest BCUT2D eigenvalue weighted by Gasteiger charge is -2.16. The third kappa shape index (κ3) is 1.64. The van der Waals surface area contributed by atoms with E-state index in [-0.39, 0.29) is 0 Å². The summed E-state index contributed by atoms with van der Waals surface area (Å²) in [6.45, 7) is 0.328. The number of nitrogen functional groups attached to an aromatic ring is 1. The van der Waals surface area contributed by atoms with Crippen LogP contribution in [0.3, 0.4) is 0 Å². The van der Waals surface area contributed by atoms with Crippen molar-refractivity contribution in [2.75, 3.05) is 24.2 Å². The lowest BCUT2D eigenvalue weighted by molar-refractivity contribution is 1.03. The van der Waals surface area contributed by atoms with Gasteiger partial charge in [-0.05, 0) is 6.07 Å². The molecule has 1 heterocycles. The molecule has 12 heavy (non-hydrogen) atoms. The number of anilines is 2. The summed E-state index contributed by atoms with van der Waals surface area (Å²) in [5.41, 5.74) is 7.07. The minimum absolute atomic E-state index is 0.328. The lowest BCUT2D eigenvalue weighted by atomic mass is 10.3. The molecule has 0 amide bonds. The van der Waals surface area contributed by atoms with Gasteiger partial charge in [0.25, 0.3) is 0 Å². The number of nitriles is 1. The first kappa shape index (κ1) is 8.34. The third-order valence-corrected chi connectivity index (χ3v) is 1.55. The molecule has 1 rings (SSSR count). The minimum Gasteiger partial charge on any atom is -0.396 e. The fourth-order valence-corrected chi connectivity index (χ4v) is 0.938. The zero-order chi connectivity index (χ0) is 8.97. The van der Waals surface area contributed by atoms with Crippen LogP contribution in [0.25, 0.3) is 0 Å². The maximum atomic E-state index is 8.44. The van der Waals surface area contributed by atoms with Gasteiger partial charge in [-0.25, -0.2) is 0 Å². The summed E-state index contributed by atoms with van der Waals surface area (Å²) in [5.74, 6) is 0. The molecule has 4 nitrogen and oxygen atoms in total. The normalized spacial score (nSPS) is 9.00. The van der Waals surface area contributed by atoms with Gasteiger partial charge in [-0.3, -0.25) is 4.98 Å². The quantitative estimate of drug-likeness (QED) is 0.647. The molecule has 0 fully saturated rings.